The zero-order valence-corrected chi connectivity index (χ0v) is 14.5. The van der Waals surface area contributed by atoms with E-state index >= 15 is 0 Å². The van der Waals surface area contributed by atoms with Crippen LogP contribution in [0, 0.1) is 13.8 Å². The van der Waals surface area contributed by atoms with Crippen molar-refractivity contribution in [2.24, 2.45) is 7.05 Å². The van der Waals surface area contributed by atoms with Gasteiger partial charge in [0.1, 0.15) is 0 Å². The van der Waals surface area contributed by atoms with E-state index in [-0.39, 0.29) is 11.1 Å². The van der Waals surface area contributed by atoms with Gasteiger partial charge in [0, 0.05) is 29.9 Å². The lowest BCUT2D eigenvalue weighted by molar-refractivity contribution is -0.246. The molecule has 1 atom stereocenters. The van der Waals surface area contributed by atoms with Crippen LogP contribution < -0.4 is 0 Å². The number of halogens is 3. The van der Waals surface area contributed by atoms with Crippen molar-refractivity contribution in [1.29, 1.82) is 0 Å². The summed E-state index contributed by atoms with van der Waals surface area (Å²) in [6, 6.07) is 7.64. The highest BCUT2D eigenvalue weighted by Gasteiger charge is 2.61. The quantitative estimate of drug-likeness (QED) is 0.696. The molecule has 0 saturated carbocycles. The molecule has 0 aliphatic heterocycles. The molecule has 0 fully saturated rings. The van der Waals surface area contributed by atoms with Crippen LogP contribution in [-0.2, 0) is 12.6 Å². The third-order valence-corrected chi connectivity index (χ3v) is 5.23. The van der Waals surface area contributed by atoms with Gasteiger partial charge in [-0.1, -0.05) is 30.3 Å². The van der Waals surface area contributed by atoms with Gasteiger partial charge in [-0.25, -0.2) is 0 Å². The average molecular weight is 358 g/mol. The fourth-order valence-electron chi connectivity index (χ4n) is 3.86. The van der Waals surface area contributed by atoms with Crippen molar-refractivity contribution in [2.45, 2.75) is 25.6 Å². The largest absolute Gasteiger partial charge is 0.425 e. The van der Waals surface area contributed by atoms with Crippen LogP contribution in [0.2, 0.25) is 0 Å². The molecule has 0 spiro atoms. The average Bonchev–Trinajstić information content (AvgIpc) is 3.10. The Morgan fingerprint density at radius 2 is 1.77 bits per heavy atom. The molecule has 1 N–H and O–H groups in total. The second-order valence-corrected chi connectivity index (χ2v) is 6.77. The number of rotatable bonds is 1. The summed E-state index contributed by atoms with van der Waals surface area (Å²) in [5, 5.41) is 15.0. The van der Waals surface area contributed by atoms with Crippen molar-refractivity contribution >= 4 is 0 Å². The molecular weight excluding hydrogens is 341 g/mol. The minimum Gasteiger partial charge on any atom is -0.372 e. The Morgan fingerprint density at radius 3 is 2.38 bits per heavy atom. The summed E-state index contributed by atoms with van der Waals surface area (Å²) >= 11 is 0. The first kappa shape index (κ1) is 16.8. The van der Waals surface area contributed by atoms with Gasteiger partial charge in [0.25, 0.3) is 0 Å². The van der Waals surface area contributed by atoms with Gasteiger partial charge in [0.05, 0.1) is 6.20 Å². The predicted molar refractivity (Wildman–Crippen MR) is 92.6 cm³/mol. The van der Waals surface area contributed by atoms with Crippen molar-refractivity contribution in [3.8, 4) is 22.3 Å². The summed E-state index contributed by atoms with van der Waals surface area (Å²) in [4.78, 5) is 0. The van der Waals surface area contributed by atoms with Gasteiger partial charge < -0.3 is 5.11 Å². The SMILES string of the molecule is Cc1cc2c(c(-c3cnn(C)c3)c1C)-c1ccccc1C2(O)C(F)(F)F. The maximum Gasteiger partial charge on any atom is 0.425 e. The number of benzene rings is 2. The zero-order chi connectivity index (χ0) is 18.9. The number of hydrogen-bond donors (Lipinski definition) is 1. The Balaban J connectivity index is 2.18. The molecule has 0 radical (unpaired) electrons. The number of alkyl halides is 3. The molecule has 3 aromatic rings. The van der Waals surface area contributed by atoms with E-state index in [1.807, 2.05) is 6.92 Å². The monoisotopic (exact) mass is 358 g/mol. The smallest absolute Gasteiger partial charge is 0.372 e. The molecule has 2 aromatic carbocycles. The van der Waals surface area contributed by atoms with Crippen molar-refractivity contribution in [2.75, 3.05) is 0 Å². The zero-order valence-electron chi connectivity index (χ0n) is 14.5. The fourth-order valence-corrected chi connectivity index (χ4v) is 3.86. The summed E-state index contributed by atoms with van der Waals surface area (Å²) in [6.45, 7) is 3.64. The van der Waals surface area contributed by atoms with Crippen LogP contribution in [0.4, 0.5) is 13.2 Å². The maximum absolute atomic E-state index is 14.0. The summed E-state index contributed by atoms with van der Waals surface area (Å²) < 4.78 is 43.6. The van der Waals surface area contributed by atoms with E-state index in [2.05, 4.69) is 5.10 Å². The number of aliphatic hydroxyl groups is 1. The van der Waals surface area contributed by atoms with E-state index in [1.165, 1.54) is 18.2 Å². The normalized spacial score (nSPS) is 18.7. The van der Waals surface area contributed by atoms with Gasteiger partial charge in [-0.2, -0.15) is 18.3 Å². The van der Waals surface area contributed by atoms with Gasteiger partial charge in [-0.15, -0.1) is 0 Å². The molecule has 0 saturated heterocycles. The minimum absolute atomic E-state index is 0.117. The van der Waals surface area contributed by atoms with Gasteiger partial charge >= 0.3 is 6.18 Å². The Labute approximate surface area is 148 Å². The molecule has 134 valence electrons. The summed E-state index contributed by atoms with van der Waals surface area (Å²) in [5.41, 5.74) is 0.545. The van der Waals surface area contributed by atoms with Crippen molar-refractivity contribution < 1.29 is 18.3 Å². The van der Waals surface area contributed by atoms with Gasteiger partial charge in [-0.05, 0) is 41.7 Å². The molecule has 1 aliphatic rings. The Kier molecular flexibility index (Phi) is 3.37. The molecule has 0 amide bonds. The van der Waals surface area contributed by atoms with Crippen molar-refractivity contribution in [1.82, 2.24) is 9.78 Å². The first-order valence-corrected chi connectivity index (χ1v) is 8.19. The van der Waals surface area contributed by atoms with Gasteiger partial charge in [0.2, 0.25) is 5.60 Å². The molecule has 1 heterocycles. The number of fused-ring (bicyclic) bond motifs is 3. The molecule has 1 aromatic heterocycles. The van der Waals surface area contributed by atoms with Crippen LogP contribution in [0.3, 0.4) is 0 Å². The standard InChI is InChI=1S/C20H17F3N2O/c1-11-8-16-18(17(12(11)2)13-9-24-25(3)10-13)14-6-4-5-7-15(14)19(16,26)20(21,22)23/h4-10,26H,1-3H3. The third-order valence-electron chi connectivity index (χ3n) is 5.23. The van der Waals surface area contributed by atoms with Crippen LogP contribution in [0.15, 0.2) is 42.7 Å². The molecular formula is C20H17F3N2O. The molecule has 1 aliphatic carbocycles. The number of aryl methyl sites for hydroxylation is 2. The molecule has 6 heteroatoms. The lowest BCUT2D eigenvalue weighted by Gasteiger charge is -2.29. The molecule has 3 nitrogen and oxygen atoms in total. The highest BCUT2D eigenvalue weighted by molar-refractivity contribution is 5.94. The van der Waals surface area contributed by atoms with Crippen LogP contribution in [0.5, 0.6) is 0 Å². The first-order chi connectivity index (χ1) is 12.2. The fraction of sp³-hybridized carbons (Fsp3) is 0.250. The van der Waals surface area contributed by atoms with Crippen LogP contribution in [-0.4, -0.2) is 21.1 Å². The van der Waals surface area contributed by atoms with E-state index in [0.29, 0.717) is 22.3 Å². The minimum atomic E-state index is -4.83. The molecule has 26 heavy (non-hydrogen) atoms. The van der Waals surface area contributed by atoms with Gasteiger partial charge in [0.15, 0.2) is 0 Å². The topological polar surface area (TPSA) is 38.0 Å². The molecule has 1 unspecified atom stereocenters. The van der Waals surface area contributed by atoms with Crippen LogP contribution >= 0.6 is 0 Å². The Morgan fingerprint density at radius 1 is 1.08 bits per heavy atom. The highest BCUT2D eigenvalue weighted by atomic mass is 19.4. The van der Waals surface area contributed by atoms with Crippen LogP contribution in [0.25, 0.3) is 22.3 Å². The van der Waals surface area contributed by atoms with E-state index in [4.69, 9.17) is 0 Å². The van der Waals surface area contributed by atoms with Gasteiger partial charge in [-0.3, -0.25) is 4.68 Å². The summed E-state index contributed by atoms with van der Waals surface area (Å²) in [6.07, 6.45) is -1.42. The number of nitrogens with zero attached hydrogens (tertiary/aromatic N) is 2. The van der Waals surface area contributed by atoms with Crippen molar-refractivity contribution in [3.63, 3.8) is 0 Å². The lowest BCUT2D eigenvalue weighted by atomic mass is 9.85. The molecule has 0 bridgehead atoms. The van der Waals surface area contributed by atoms with E-state index in [1.54, 1.807) is 43.2 Å². The van der Waals surface area contributed by atoms with E-state index in [9.17, 15) is 18.3 Å². The first-order valence-electron chi connectivity index (χ1n) is 8.19. The highest BCUT2D eigenvalue weighted by Crippen LogP contribution is 2.58. The Bertz CT molecular complexity index is 1040. The second-order valence-electron chi connectivity index (χ2n) is 6.77. The van der Waals surface area contributed by atoms with E-state index in [0.717, 1.165) is 11.1 Å². The summed E-state index contributed by atoms with van der Waals surface area (Å²) in [5.74, 6) is 0. The van der Waals surface area contributed by atoms with Crippen molar-refractivity contribution in [3.05, 3.63) is 65.0 Å². The lowest BCUT2D eigenvalue weighted by Crippen LogP contribution is -2.41. The Hall–Kier alpha value is -2.60. The second kappa shape index (κ2) is 5.20. The van der Waals surface area contributed by atoms with E-state index < -0.39 is 11.8 Å². The number of hydrogen-bond acceptors (Lipinski definition) is 2. The predicted octanol–water partition coefficient (Wildman–Crippen LogP) is 4.48. The summed E-state index contributed by atoms with van der Waals surface area (Å²) in [7, 11) is 1.76. The number of aromatic nitrogens is 2. The molecule has 4 rings (SSSR count). The van der Waals surface area contributed by atoms with Crippen LogP contribution in [0.1, 0.15) is 22.3 Å². The maximum atomic E-state index is 14.0. The third kappa shape index (κ3) is 2.02.